The first-order valence-corrected chi connectivity index (χ1v) is 8.31. The van der Waals surface area contributed by atoms with Gasteiger partial charge in [-0.2, -0.15) is 0 Å². The van der Waals surface area contributed by atoms with Crippen LogP contribution in [0.3, 0.4) is 0 Å². The first-order valence-electron chi connectivity index (χ1n) is 8.31. The van der Waals surface area contributed by atoms with E-state index in [0.717, 1.165) is 5.56 Å². The largest absolute Gasteiger partial charge is 0.497 e. The van der Waals surface area contributed by atoms with Crippen LogP contribution in [0.25, 0.3) is 11.3 Å². The molecule has 0 bridgehead atoms. The topological polar surface area (TPSA) is 104 Å². The number of nitro benzene ring substituents is 1. The number of nitrogens with one attached hydrogen (secondary N) is 1. The summed E-state index contributed by atoms with van der Waals surface area (Å²) in [6, 6.07) is 12.8. The van der Waals surface area contributed by atoms with Gasteiger partial charge >= 0.3 is 0 Å². The van der Waals surface area contributed by atoms with Gasteiger partial charge in [0.1, 0.15) is 17.3 Å². The molecule has 0 radical (unpaired) electrons. The number of methoxy groups -OCH3 is 2. The highest BCUT2D eigenvalue weighted by Crippen LogP contribution is 2.34. The van der Waals surface area contributed by atoms with Gasteiger partial charge in [-0.25, -0.2) is 0 Å². The second kappa shape index (κ2) is 7.83. The van der Waals surface area contributed by atoms with E-state index < -0.39 is 10.8 Å². The lowest BCUT2D eigenvalue weighted by molar-refractivity contribution is -0.384. The number of nitrogens with zero attached hydrogens (tertiary/aromatic N) is 1. The zero-order chi connectivity index (χ0) is 20.3. The molecule has 0 aliphatic heterocycles. The molecule has 1 aromatic heterocycles. The summed E-state index contributed by atoms with van der Waals surface area (Å²) in [5, 5.41) is 14.1. The SMILES string of the molecule is COc1ccc(-c2ccc(C(=O)Nc3cc(C)ccc3OC)o2)c([N+](=O)[O-])c1. The molecule has 0 atom stereocenters. The number of ether oxygens (including phenoxy) is 2. The fourth-order valence-electron chi connectivity index (χ4n) is 2.71. The Bertz CT molecular complexity index is 1040. The third-order valence-electron chi connectivity index (χ3n) is 4.10. The standard InChI is InChI=1S/C20H18N2O6/c1-12-4-7-18(27-3)15(10-12)21-20(23)19-9-8-17(28-19)14-6-5-13(26-2)11-16(14)22(24)25/h4-11H,1-3H3,(H,21,23). The number of aryl methyl sites for hydroxylation is 1. The molecule has 2 aromatic carbocycles. The smallest absolute Gasteiger partial charge is 0.291 e. The van der Waals surface area contributed by atoms with Crippen LogP contribution in [0.4, 0.5) is 11.4 Å². The number of carbonyl (C=O) groups excluding carboxylic acids is 1. The molecule has 1 amide bonds. The molecule has 144 valence electrons. The molecule has 0 aliphatic carbocycles. The average Bonchev–Trinajstić information content (AvgIpc) is 3.18. The summed E-state index contributed by atoms with van der Waals surface area (Å²) in [4.78, 5) is 23.4. The molecule has 28 heavy (non-hydrogen) atoms. The minimum absolute atomic E-state index is 0.0173. The molecule has 3 aromatic rings. The molecule has 0 spiro atoms. The summed E-state index contributed by atoms with van der Waals surface area (Å²) in [6.07, 6.45) is 0. The minimum Gasteiger partial charge on any atom is -0.497 e. The van der Waals surface area contributed by atoms with E-state index in [-0.39, 0.29) is 22.8 Å². The van der Waals surface area contributed by atoms with Crippen LogP contribution in [0, 0.1) is 17.0 Å². The van der Waals surface area contributed by atoms with Gasteiger partial charge < -0.3 is 19.2 Å². The minimum atomic E-state index is -0.530. The van der Waals surface area contributed by atoms with E-state index in [1.165, 1.54) is 38.5 Å². The number of furan rings is 1. The van der Waals surface area contributed by atoms with Gasteiger partial charge in [0.25, 0.3) is 11.6 Å². The summed E-state index contributed by atoms with van der Waals surface area (Å²) >= 11 is 0. The molecule has 1 N–H and O–H groups in total. The first-order chi connectivity index (χ1) is 13.4. The maximum absolute atomic E-state index is 12.5. The van der Waals surface area contributed by atoms with E-state index in [1.54, 1.807) is 18.2 Å². The summed E-state index contributed by atoms with van der Waals surface area (Å²) in [7, 11) is 2.93. The number of hydrogen-bond acceptors (Lipinski definition) is 6. The van der Waals surface area contributed by atoms with Crippen molar-refractivity contribution in [1.29, 1.82) is 0 Å². The number of amides is 1. The van der Waals surface area contributed by atoms with Crippen molar-refractivity contribution in [3.05, 3.63) is 70.0 Å². The van der Waals surface area contributed by atoms with Crippen LogP contribution < -0.4 is 14.8 Å². The number of carbonyl (C=O) groups is 1. The average molecular weight is 382 g/mol. The lowest BCUT2D eigenvalue weighted by Crippen LogP contribution is -2.11. The van der Waals surface area contributed by atoms with Gasteiger partial charge in [0.2, 0.25) is 0 Å². The first kappa shape index (κ1) is 19.0. The van der Waals surface area contributed by atoms with Crippen molar-refractivity contribution in [2.24, 2.45) is 0 Å². The Hall–Kier alpha value is -3.81. The number of rotatable bonds is 6. The summed E-state index contributed by atoms with van der Waals surface area (Å²) in [5.41, 5.74) is 1.52. The predicted octanol–water partition coefficient (Wildman–Crippen LogP) is 4.43. The molecule has 1 heterocycles. The van der Waals surface area contributed by atoms with Gasteiger partial charge in [-0.15, -0.1) is 0 Å². The third-order valence-corrected chi connectivity index (χ3v) is 4.10. The van der Waals surface area contributed by atoms with Crippen molar-refractivity contribution in [1.82, 2.24) is 0 Å². The van der Waals surface area contributed by atoms with E-state index in [9.17, 15) is 14.9 Å². The zero-order valence-corrected chi connectivity index (χ0v) is 15.5. The molecule has 3 rings (SSSR count). The Morgan fingerprint density at radius 3 is 2.54 bits per heavy atom. The molecule has 8 nitrogen and oxygen atoms in total. The summed E-state index contributed by atoms with van der Waals surface area (Å²) < 4.78 is 15.8. The maximum Gasteiger partial charge on any atom is 0.291 e. The van der Waals surface area contributed by atoms with E-state index in [1.807, 2.05) is 13.0 Å². The molecule has 8 heteroatoms. The van der Waals surface area contributed by atoms with Gasteiger partial charge in [-0.3, -0.25) is 14.9 Å². The highest BCUT2D eigenvalue weighted by atomic mass is 16.6. The van der Waals surface area contributed by atoms with Crippen LogP contribution in [0.5, 0.6) is 11.5 Å². The second-order valence-corrected chi connectivity index (χ2v) is 5.96. The van der Waals surface area contributed by atoms with Crippen molar-refractivity contribution in [3.8, 4) is 22.8 Å². The van der Waals surface area contributed by atoms with Crippen LogP contribution in [0.2, 0.25) is 0 Å². The fraction of sp³-hybridized carbons (Fsp3) is 0.150. The van der Waals surface area contributed by atoms with Crippen LogP contribution in [0.15, 0.2) is 52.9 Å². The quantitative estimate of drug-likeness (QED) is 0.499. The van der Waals surface area contributed by atoms with E-state index >= 15 is 0 Å². The molecule has 0 unspecified atom stereocenters. The van der Waals surface area contributed by atoms with Crippen LogP contribution >= 0.6 is 0 Å². The monoisotopic (exact) mass is 382 g/mol. The van der Waals surface area contributed by atoms with Gasteiger partial charge in [0.15, 0.2) is 5.76 Å². The van der Waals surface area contributed by atoms with Gasteiger partial charge in [0, 0.05) is 0 Å². The highest BCUT2D eigenvalue weighted by Gasteiger charge is 2.21. The van der Waals surface area contributed by atoms with E-state index in [2.05, 4.69) is 5.32 Å². The maximum atomic E-state index is 12.5. The van der Waals surface area contributed by atoms with E-state index in [4.69, 9.17) is 13.9 Å². The van der Waals surface area contributed by atoms with Crippen molar-refractivity contribution in [2.75, 3.05) is 19.5 Å². The number of nitro groups is 1. The van der Waals surface area contributed by atoms with Crippen molar-refractivity contribution in [2.45, 2.75) is 6.92 Å². The van der Waals surface area contributed by atoms with Crippen molar-refractivity contribution >= 4 is 17.3 Å². The number of hydrogen-bond donors (Lipinski definition) is 1. The number of anilines is 1. The van der Waals surface area contributed by atoms with Gasteiger partial charge in [-0.05, 0) is 48.9 Å². The Labute approximate surface area is 160 Å². The lowest BCUT2D eigenvalue weighted by atomic mass is 10.1. The van der Waals surface area contributed by atoms with Crippen molar-refractivity contribution in [3.63, 3.8) is 0 Å². The van der Waals surface area contributed by atoms with Crippen LogP contribution in [0.1, 0.15) is 16.1 Å². The van der Waals surface area contributed by atoms with Gasteiger partial charge in [-0.1, -0.05) is 6.07 Å². The van der Waals surface area contributed by atoms with Crippen LogP contribution in [-0.4, -0.2) is 25.1 Å². The molecule has 0 saturated heterocycles. The lowest BCUT2D eigenvalue weighted by Gasteiger charge is -2.10. The zero-order valence-electron chi connectivity index (χ0n) is 15.5. The summed E-state index contributed by atoms with van der Waals surface area (Å²) in [5.74, 6) is 0.591. The Morgan fingerprint density at radius 1 is 1.07 bits per heavy atom. The molecular weight excluding hydrogens is 364 g/mol. The Kier molecular flexibility index (Phi) is 5.30. The second-order valence-electron chi connectivity index (χ2n) is 5.96. The fourth-order valence-corrected chi connectivity index (χ4v) is 2.71. The van der Waals surface area contributed by atoms with E-state index in [0.29, 0.717) is 17.2 Å². The van der Waals surface area contributed by atoms with Crippen LogP contribution in [-0.2, 0) is 0 Å². The van der Waals surface area contributed by atoms with Crippen molar-refractivity contribution < 1.29 is 23.6 Å². The number of benzene rings is 2. The summed E-state index contributed by atoms with van der Waals surface area (Å²) in [6.45, 7) is 1.89. The predicted molar refractivity (Wildman–Crippen MR) is 103 cm³/mol. The molecule has 0 fully saturated rings. The molecular formula is C20H18N2O6. The molecule has 0 saturated carbocycles. The Morgan fingerprint density at radius 2 is 1.86 bits per heavy atom. The third kappa shape index (κ3) is 3.80. The highest BCUT2D eigenvalue weighted by molar-refractivity contribution is 6.03. The van der Waals surface area contributed by atoms with Gasteiger partial charge in [0.05, 0.1) is 36.5 Å². The molecule has 0 aliphatic rings. The normalized spacial score (nSPS) is 10.4. The Balaban J connectivity index is 1.90.